The lowest BCUT2D eigenvalue weighted by Gasteiger charge is -2.55. The lowest BCUT2D eigenvalue weighted by molar-refractivity contribution is -0.287. The zero-order valence-corrected chi connectivity index (χ0v) is 24.4. The Kier molecular flexibility index (Phi) is 8.15. The number of phenols is 1. The van der Waals surface area contributed by atoms with E-state index in [9.17, 15) is 28.3 Å². The number of halogens is 2. The number of amides is 3. The van der Waals surface area contributed by atoms with E-state index in [-0.39, 0.29) is 68.1 Å². The molecule has 0 radical (unpaired) electrons. The third kappa shape index (κ3) is 6.18. The van der Waals surface area contributed by atoms with E-state index in [0.717, 1.165) is 5.56 Å². The van der Waals surface area contributed by atoms with Gasteiger partial charge in [0.15, 0.2) is 11.5 Å². The van der Waals surface area contributed by atoms with Gasteiger partial charge in [-0.2, -0.15) is 0 Å². The van der Waals surface area contributed by atoms with Gasteiger partial charge in [0.2, 0.25) is 17.7 Å². The first-order valence-corrected chi connectivity index (χ1v) is 14.6. The first kappa shape index (κ1) is 30.1. The van der Waals surface area contributed by atoms with Crippen LogP contribution in [0.15, 0.2) is 85.5 Å². The molecule has 2 fully saturated rings. The summed E-state index contributed by atoms with van der Waals surface area (Å²) in [7, 11) is 0. The minimum absolute atomic E-state index is 0.0504. The number of aryl methyl sites for hydroxylation is 1. The van der Waals surface area contributed by atoms with Gasteiger partial charge in [0.1, 0.15) is 18.0 Å². The first-order valence-electron chi connectivity index (χ1n) is 14.6. The number of carbonyl (C=O) groups excluding carboxylic acids is 3. The van der Waals surface area contributed by atoms with E-state index < -0.39 is 24.4 Å². The second-order valence-corrected chi connectivity index (χ2v) is 11.2. The molecule has 0 aliphatic carbocycles. The predicted molar refractivity (Wildman–Crippen MR) is 158 cm³/mol. The fraction of sp³-hybridized carbons (Fsp3) is 0.303. The maximum atomic E-state index is 14.2. The highest BCUT2D eigenvalue weighted by Gasteiger charge is 2.51. The molecule has 45 heavy (non-hydrogen) atoms. The lowest BCUT2D eigenvalue weighted by atomic mass is 9.98. The van der Waals surface area contributed by atoms with Crippen molar-refractivity contribution in [1.29, 1.82) is 0 Å². The Balaban J connectivity index is 1.35. The fourth-order valence-electron chi connectivity index (χ4n) is 6.12. The number of hydrogen-bond acceptors (Lipinski definition) is 7. The summed E-state index contributed by atoms with van der Waals surface area (Å²) in [6.45, 7) is 3.69. The summed E-state index contributed by atoms with van der Waals surface area (Å²) < 4.78 is 37.3. The van der Waals surface area contributed by atoms with Gasteiger partial charge in [0, 0.05) is 31.5 Å². The second-order valence-electron chi connectivity index (χ2n) is 11.2. The molecular weight excluding hydrogens is 586 g/mol. The molecule has 2 saturated heterocycles. The molecule has 0 spiro atoms. The molecule has 6 rings (SSSR count). The van der Waals surface area contributed by atoms with Crippen molar-refractivity contribution in [3.63, 3.8) is 0 Å². The molecule has 2 atom stereocenters. The van der Waals surface area contributed by atoms with Gasteiger partial charge in [-0.05, 0) is 35.7 Å². The highest BCUT2D eigenvalue weighted by molar-refractivity contribution is 5.92. The summed E-state index contributed by atoms with van der Waals surface area (Å²) in [5.41, 5.74) is 1.96. The van der Waals surface area contributed by atoms with Crippen LogP contribution in [0.1, 0.15) is 23.1 Å². The van der Waals surface area contributed by atoms with Crippen molar-refractivity contribution in [1.82, 2.24) is 19.8 Å². The van der Waals surface area contributed by atoms with Gasteiger partial charge in [-0.25, -0.2) is 10.0 Å². The number of piperazine rings is 1. The van der Waals surface area contributed by atoms with E-state index in [2.05, 4.69) is 11.3 Å². The number of carbonyl (C=O) groups is 3. The number of ether oxygens (including phenoxy) is 2. The molecule has 0 saturated carbocycles. The SMILES string of the molecule is C=CCN1CC(=O)N2[C@@H](Cc3ccc(O)cc3)C(=O)N(Cc3cccc4c3OC(F)(F)O4)C[C@@H]2N1C(=O)CCc1ccccc1. The Bertz CT molecular complexity index is 1600. The second kappa shape index (κ2) is 12.2. The van der Waals surface area contributed by atoms with Crippen molar-refractivity contribution < 1.29 is 37.7 Å². The zero-order valence-electron chi connectivity index (χ0n) is 24.4. The first-order chi connectivity index (χ1) is 21.6. The van der Waals surface area contributed by atoms with E-state index in [1.54, 1.807) is 34.3 Å². The van der Waals surface area contributed by atoms with Gasteiger partial charge in [-0.1, -0.05) is 60.7 Å². The van der Waals surface area contributed by atoms with Crippen LogP contribution in [0, 0.1) is 0 Å². The van der Waals surface area contributed by atoms with E-state index >= 15 is 0 Å². The smallest absolute Gasteiger partial charge is 0.508 e. The molecule has 3 aliphatic rings. The predicted octanol–water partition coefficient (Wildman–Crippen LogP) is 3.70. The molecule has 0 unspecified atom stereocenters. The Labute approximate surface area is 258 Å². The Morgan fingerprint density at radius 1 is 1.00 bits per heavy atom. The van der Waals surface area contributed by atoms with Gasteiger partial charge in [-0.15, -0.1) is 15.4 Å². The number of hydrogen-bond donors (Lipinski definition) is 1. The summed E-state index contributed by atoms with van der Waals surface area (Å²) >= 11 is 0. The fourth-order valence-corrected chi connectivity index (χ4v) is 6.12. The van der Waals surface area contributed by atoms with E-state index in [1.165, 1.54) is 34.1 Å². The van der Waals surface area contributed by atoms with Gasteiger partial charge in [0.05, 0.1) is 13.1 Å². The number of phenolic OH excluding ortho intramolecular Hbond substituents is 1. The number of nitrogens with zero attached hydrogens (tertiary/aromatic N) is 4. The molecule has 3 aromatic rings. The Hall–Kier alpha value is -4.97. The van der Waals surface area contributed by atoms with Crippen LogP contribution in [0.5, 0.6) is 17.2 Å². The van der Waals surface area contributed by atoms with Crippen molar-refractivity contribution >= 4 is 17.7 Å². The summed E-state index contributed by atoms with van der Waals surface area (Å²) in [6, 6.07) is 19.3. The Morgan fingerprint density at radius 3 is 2.49 bits per heavy atom. The summed E-state index contributed by atoms with van der Waals surface area (Å²) in [5, 5.41) is 13.0. The van der Waals surface area contributed by atoms with Crippen LogP contribution in [0.3, 0.4) is 0 Å². The maximum absolute atomic E-state index is 14.2. The van der Waals surface area contributed by atoms with Crippen LogP contribution >= 0.6 is 0 Å². The molecule has 3 heterocycles. The standard InChI is InChI=1S/C33H32F2N4O6/c1-2-17-37-21-30(42)38-26(18-23-11-14-25(40)15-12-23)32(43)36(19-24-9-6-10-27-31(24)45-33(34,35)44-27)20-28(38)39(37)29(41)16-13-22-7-4-3-5-8-22/h2-12,14-15,26,28,40H,1,13,16-21H2/t26-,28-/m0/s1. The van der Waals surface area contributed by atoms with Crippen LogP contribution in [0.25, 0.3) is 0 Å². The normalized spacial score (nSPS) is 20.7. The lowest BCUT2D eigenvalue weighted by Crippen LogP contribution is -2.75. The number of hydrazine groups is 1. The topological polar surface area (TPSA) is 103 Å². The van der Waals surface area contributed by atoms with Crippen LogP contribution in [0.2, 0.25) is 0 Å². The summed E-state index contributed by atoms with van der Waals surface area (Å²) in [6.07, 6.45) is -2.38. The highest BCUT2D eigenvalue weighted by atomic mass is 19.3. The molecular formula is C33H32F2N4O6. The maximum Gasteiger partial charge on any atom is 0.586 e. The average molecular weight is 619 g/mol. The number of para-hydroxylation sites is 1. The van der Waals surface area contributed by atoms with Gasteiger partial charge >= 0.3 is 6.29 Å². The van der Waals surface area contributed by atoms with E-state index in [1.807, 2.05) is 30.3 Å². The highest BCUT2D eigenvalue weighted by Crippen LogP contribution is 2.44. The molecule has 234 valence electrons. The largest absolute Gasteiger partial charge is 0.586 e. The van der Waals surface area contributed by atoms with Crippen LogP contribution in [-0.2, 0) is 33.8 Å². The van der Waals surface area contributed by atoms with Crippen LogP contribution in [-0.4, -0.2) is 80.8 Å². The molecule has 10 nitrogen and oxygen atoms in total. The van der Waals surface area contributed by atoms with Crippen molar-refractivity contribution in [2.45, 2.75) is 44.3 Å². The Morgan fingerprint density at radius 2 is 1.76 bits per heavy atom. The van der Waals surface area contributed by atoms with E-state index in [4.69, 9.17) is 4.74 Å². The molecule has 0 aromatic heterocycles. The number of aromatic hydroxyl groups is 1. The van der Waals surface area contributed by atoms with Crippen molar-refractivity contribution in [2.75, 3.05) is 19.6 Å². The minimum Gasteiger partial charge on any atom is -0.508 e. The van der Waals surface area contributed by atoms with Crippen molar-refractivity contribution in [3.8, 4) is 17.2 Å². The molecule has 0 bridgehead atoms. The monoisotopic (exact) mass is 618 g/mol. The van der Waals surface area contributed by atoms with Crippen LogP contribution in [0.4, 0.5) is 8.78 Å². The van der Waals surface area contributed by atoms with Gasteiger partial charge in [0.25, 0.3) is 0 Å². The molecule has 12 heteroatoms. The van der Waals surface area contributed by atoms with Crippen LogP contribution < -0.4 is 9.47 Å². The van der Waals surface area contributed by atoms with Crippen molar-refractivity contribution in [3.05, 3.63) is 102 Å². The summed E-state index contributed by atoms with van der Waals surface area (Å²) in [5.74, 6) is -1.25. The van der Waals surface area contributed by atoms with Crippen molar-refractivity contribution in [2.24, 2.45) is 0 Å². The summed E-state index contributed by atoms with van der Waals surface area (Å²) in [4.78, 5) is 44.8. The number of alkyl halides is 2. The average Bonchev–Trinajstić information content (AvgIpc) is 3.34. The number of fused-ring (bicyclic) bond motifs is 2. The van der Waals surface area contributed by atoms with Gasteiger partial charge < -0.3 is 24.4 Å². The van der Waals surface area contributed by atoms with E-state index in [0.29, 0.717) is 17.5 Å². The minimum atomic E-state index is -3.84. The molecule has 3 aromatic carbocycles. The third-order valence-corrected chi connectivity index (χ3v) is 8.13. The molecule has 3 amide bonds. The zero-order chi connectivity index (χ0) is 31.7. The number of benzene rings is 3. The molecule has 3 aliphatic heterocycles. The third-order valence-electron chi connectivity index (χ3n) is 8.13. The number of rotatable bonds is 9. The molecule has 1 N–H and O–H groups in total. The quantitative estimate of drug-likeness (QED) is 0.365. The van der Waals surface area contributed by atoms with Gasteiger partial charge in [-0.3, -0.25) is 14.4 Å².